The molecule has 0 bridgehead atoms. The Morgan fingerprint density at radius 3 is 2.57 bits per heavy atom. The first-order chi connectivity index (χ1) is 13.5. The highest BCUT2D eigenvalue weighted by atomic mass is 32.2. The highest BCUT2D eigenvalue weighted by molar-refractivity contribution is 8.04. The van der Waals surface area contributed by atoms with Gasteiger partial charge in [0.25, 0.3) is 0 Å². The predicted octanol–water partition coefficient (Wildman–Crippen LogP) is 4.74. The number of hydrogen-bond donors (Lipinski definition) is 0. The summed E-state index contributed by atoms with van der Waals surface area (Å²) < 4.78 is 10.2. The van der Waals surface area contributed by atoms with Crippen molar-refractivity contribution in [3.05, 3.63) is 92.6 Å². The molecule has 0 fully saturated rings. The molecule has 28 heavy (non-hydrogen) atoms. The Bertz CT molecular complexity index is 1150. The topological polar surface area (TPSA) is 99.7 Å². The number of furan rings is 1. The van der Waals surface area contributed by atoms with Crippen molar-refractivity contribution in [3.8, 4) is 5.75 Å². The van der Waals surface area contributed by atoms with E-state index in [0.717, 1.165) is 11.0 Å². The van der Waals surface area contributed by atoms with Crippen LogP contribution in [0.2, 0.25) is 0 Å². The second-order valence-corrected chi connectivity index (χ2v) is 6.84. The second-order valence-electron chi connectivity index (χ2n) is 5.76. The van der Waals surface area contributed by atoms with Crippen molar-refractivity contribution in [1.29, 1.82) is 0 Å². The molecule has 0 radical (unpaired) electrons. The number of nitro groups is 1. The van der Waals surface area contributed by atoms with Crippen LogP contribution in [0.25, 0.3) is 6.08 Å². The Morgan fingerprint density at radius 2 is 1.82 bits per heavy atom. The lowest BCUT2D eigenvalue weighted by Crippen LogP contribution is -2.08. The zero-order valence-corrected chi connectivity index (χ0v) is 15.0. The van der Waals surface area contributed by atoms with E-state index in [1.165, 1.54) is 17.8 Å². The average molecular weight is 393 g/mol. The van der Waals surface area contributed by atoms with Crippen molar-refractivity contribution in [2.45, 2.75) is 4.90 Å². The van der Waals surface area contributed by atoms with Gasteiger partial charge < -0.3 is 9.15 Å². The number of thioether (sulfide) groups is 1. The van der Waals surface area contributed by atoms with Gasteiger partial charge in [0.05, 0.1) is 11.0 Å². The number of ketones is 1. The molecule has 2 aromatic carbocycles. The average Bonchev–Trinajstić information content (AvgIpc) is 3.30. The molecule has 0 saturated heterocycles. The van der Waals surface area contributed by atoms with E-state index in [1.807, 2.05) is 12.1 Å². The Morgan fingerprint density at radius 1 is 1.07 bits per heavy atom. The maximum atomic E-state index is 12.5. The summed E-state index contributed by atoms with van der Waals surface area (Å²) in [6.07, 6.45) is 1.65. The third-order valence-corrected chi connectivity index (χ3v) is 5.06. The van der Waals surface area contributed by atoms with Gasteiger partial charge in [0.1, 0.15) is 10.7 Å². The lowest BCUT2D eigenvalue weighted by Gasteiger charge is -2.06. The van der Waals surface area contributed by atoms with E-state index >= 15 is 0 Å². The first kappa shape index (κ1) is 17.7. The smallest absolute Gasteiger partial charge is 0.420 e. The fraction of sp³-hybridized carbons (Fsp3) is 0. The molecule has 1 aromatic heterocycles. The lowest BCUT2D eigenvalue weighted by atomic mass is 10.1. The van der Waals surface area contributed by atoms with Crippen LogP contribution in [0, 0.1) is 10.1 Å². The molecule has 0 N–H and O–H groups in total. The molecule has 0 saturated carbocycles. The second kappa shape index (κ2) is 7.16. The van der Waals surface area contributed by atoms with Gasteiger partial charge in [-0.25, -0.2) is 4.79 Å². The number of esters is 1. The molecule has 8 heteroatoms. The van der Waals surface area contributed by atoms with E-state index in [0.29, 0.717) is 16.0 Å². The summed E-state index contributed by atoms with van der Waals surface area (Å²) in [5, 5.41) is 10.7. The minimum Gasteiger partial charge on any atom is -0.420 e. The fourth-order valence-electron chi connectivity index (χ4n) is 2.66. The van der Waals surface area contributed by atoms with Crippen molar-refractivity contribution in [2.75, 3.05) is 0 Å². The Kier molecular flexibility index (Phi) is 4.54. The summed E-state index contributed by atoms with van der Waals surface area (Å²) in [6.45, 7) is 0. The van der Waals surface area contributed by atoms with Crippen molar-refractivity contribution in [3.63, 3.8) is 0 Å². The normalized spacial score (nSPS) is 14.1. The summed E-state index contributed by atoms with van der Waals surface area (Å²) in [6, 6.07) is 16.3. The summed E-state index contributed by atoms with van der Waals surface area (Å²) in [5.74, 6) is -1.58. The Balaban J connectivity index is 1.60. The molecule has 138 valence electrons. The third kappa shape index (κ3) is 3.33. The van der Waals surface area contributed by atoms with Gasteiger partial charge >= 0.3 is 11.9 Å². The fourth-order valence-corrected chi connectivity index (χ4v) is 3.70. The van der Waals surface area contributed by atoms with Crippen molar-refractivity contribution < 1.29 is 23.7 Å². The molecule has 0 amide bonds. The number of allylic oxidation sites excluding steroid dienone is 1. The molecule has 0 spiro atoms. The molecule has 0 atom stereocenters. The minimum atomic E-state index is -0.868. The number of fused-ring (bicyclic) bond motifs is 1. The standard InChI is InChI=1S/C20H11NO6S/c22-19-13-6-2-4-8-16(13)28-17(19)11-12-5-1-3-7-14(12)27-20(23)15-9-10-18(26-15)21(24)25/h1-11H/b17-11+. The van der Waals surface area contributed by atoms with Crippen LogP contribution < -0.4 is 4.74 Å². The van der Waals surface area contributed by atoms with Crippen molar-refractivity contribution >= 4 is 35.5 Å². The first-order valence-corrected chi connectivity index (χ1v) is 8.93. The SMILES string of the molecule is O=C(Oc1ccccc1/C=C1/Sc2ccccc2C1=O)c1ccc([N+](=O)[O-])o1. The predicted molar refractivity (Wildman–Crippen MR) is 101 cm³/mol. The van der Waals surface area contributed by atoms with E-state index < -0.39 is 16.8 Å². The number of rotatable bonds is 4. The number of para-hydroxylation sites is 1. The van der Waals surface area contributed by atoms with Gasteiger partial charge in [-0.1, -0.05) is 42.1 Å². The number of carbonyl (C=O) groups is 2. The number of carbonyl (C=O) groups excluding carboxylic acids is 2. The molecule has 0 aliphatic carbocycles. The monoisotopic (exact) mass is 393 g/mol. The van der Waals surface area contributed by atoms with E-state index in [2.05, 4.69) is 0 Å². The molecule has 4 rings (SSSR count). The summed E-state index contributed by atoms with van der Waals surface area (Å²) >= 11 is 1.35. The van der Waals surface area contributed by atoms with Crippen LogP contribution in [0.4, 0.5) is 5.88 Å². The molecular formula is C20H11NO6S. The van der Waals surface area contributed by atoms with Crippen LogP contribution in [-0.4, -0.2) is 16.7 Å². The molecule has 2 heterocycles. The molecule has 7 nitrogen and oxygen atoms in total. The number of nitrogens with zero attached hydrogens (tertiary/aromatic N) is 1. The largest absolute Gasteiger partial charge is 0.433 e. The zero-order chi connectivity index (χ0) is 19.7. The van der Waals surface area contributed by atoms with Crippen molar-refractivity contribution in [2.24, 2.45) is 0 Å². The molecule has 1 aliphatic heterocycles. The van der Waals surface area contributed by atoms with Gasteiger partial charge in [-0.05, 0) is 30.3 Å². The van der Waals surface area contributed by atoms with Gasteiger partial charge in [0.2, 0.25) is 11.5 Å². The number of hydrogen-bond acceptors (Lipinski definition) is 7. The van der Waals surface area contributed by atoms with Gasteiger partial charge in [0.15, 0.2) is 0 Å². The van der Waals surface area contributed by atoms with Crippen LogP contribution in [0.15, 0.2) is 74.9 Å². The quantitative estimate of drug-likeness (QED) is 0.208. The molecule has 3 aromatic rings. The molecule has 0 unspecified atom stereocenters. The van der Waals surface area contributed by atoms with E-state index in [9.17, 15) is 19.7 Å². The van der Waals surface area contributed by atoms with E-state index in [1.54, 1.807) is 42.5 Å². The van der Waals surface area contributed by atoms with Crippen LogP contribution in [0.1, 0.15) is 26.5 Å². The highest BCUT2D eigenvalue weighted by Gasteiger charge is 2.26. The van der Waals surface area contributed by atoms with Crippen molar-refractivity contribution in [1.82, 2.24) is 0 Å². The molecular weight excluding hydrogens is 382 g/mol. The van der Waals surface area contributed by atoms with Gasteiger partial charge in [-0.3, -0.25) is 14.9 Å². The summed E-state index contributed by atoms with van der Waals surface area (Å²) in [4.78, 5) is 36.1. The number of Topliss-reactive ketones (excluding diaryl/α,β-unsaturated/α-hetero) is 1. The maximum absolute atomic E-state index is 12.5. The van der Waals surface area contributed by atoms with E-state index in [-0.39, 0.29) is 17.3 Å². The van der Waals surface area contributed by atoms with E-state index in [4.69, 9.17) is 9.15 Å². The lowest BCUT2D eigenvalue weighted by molar-refractivity contribution is -0.402. The number of ether oxygens (including phenoxy) is 1. The van der Waals surface area contributed by atoms with Crippen LogP contribution in [-0.2, 0) is 0 Å². The maximum Gasteiger partial charge on any atom is 0.433 e. The van der Waals surface area contributed by atoms with Crippen LogP contribution in [0.5, 0.6) is 5.75 Å². The molecule has 1 aliphatic rings. The van der Waals surface area contributed by atoms with Gasteiger partial charge in [-0.2, -0.15) is 0 Å². The zero-order valence-electron chi connectivity index (χ0n) is 14.2. The first-order valence-electron chi connectivity index (χ1n) is 8.11. The summed E-state index contributed by atoms with van der Waals surface area (Å²) in [7, 11) is 0. The minimum absolute atomic E-state index is 0.0941. The van der Waals surface area contributed by atoms with Crippen LogP contribution in [0.3, 0.4) is 0 Å². The Labute approximate surface area is 162 Å². The summed E-state index contributed by atoms with van der Waals surface area (Å²) in [5.41, 5.74) is 1.16. The highest BCUT2D eigenvalue weighted by Crippen LogP contribution is 2.41. The van der Waals surface area contributed by atoms with Crippen LogP contribution >= 0.6 is 11.8 Å². The Hall–Kier alpha value is -3.65. The van der Waals surface area contributed by atoms with Gasteiger partial charge in [-0.15, -0.1) is 0 Å². The third-order valence-electron chi connectivity index (χ3n) is 3.96. The number of benzene rings is 2. The van der Waals surface area contributed by atoms with Gasteiger partial charge in [0, 0.05) is 16.0 Å².